The van der Waals surface area contributed by atoms with Crippen molar-refractivity contribution >= 4 is 30.7 Å². The Morgan fingerprint density at radius 2 is 2.09 bits per heavy atom. The molecule has 0 aromatic carbocycles. The van der Waals surface area contributed by atoms with Crippen LogP contribution in [0.15, 0.2) is 35.1 Å². The van der Waals surface area contributed by atoms with Gasteiger partial charge in [-0.1, -0.05) is 5.16 Å². The summed E-state index contributed by atoms with van der Waals surface area (Å²) in [6.07, 6.45) is 3.36. The predicted octanol–water partition coefficient (Wildman–Crippen LogP) is 2.01. The summed E-state index contributed by atoms with van der Waals surface area (Å²) in [6, 6.07) is 5.49. The fourth-order valence-electron chi connectivity index (χ4n) is 2.32. The lowest BCUT2D eigenvalue weighted by atomic mass is 10.1. The fourth-order valence-corrected chi connectivity index (χ4v) is 2.32. The molecular weight excluding hydrogens is 327 g/mol. The predicted molar refractivity (Wildman–Crippen MR) is 87.6 cm³/mol. The molecule has 2 aromatic rings. The van der Waals surface area contributed by atoms with Crippen LogP contribution in [0.2, 0.25) is 0 Å². The molecule has 1 N–H and O–H groups in total. The number of hydrogen-bond acceptors (Lipinski definition) is 5. The Bertz CT molecular complexity index is 606. The number of pyridine rings is 1. The van der Waals surface area contributed by atoms with E-state index < -0.39 is 0 Å². The van der Waals surface area contributed by atoms with E-state index in [9.17, 15) is 4.79 Å². The number of carbonyl (C=O) groups is 1. The van der Waals surface area contributed by atoms with Gasteiger partial charge < -0.3 is 14.7 Å². The van der Waals surface area contributed by atoms with E-state index in [2.05, 4.69) is 15.5 Å². The van der Waals surface area contributed by atoms with Crippen molar-refractivity contribution < 1.29 is 9.32 Å². The summed E-state index contributed by atoms with van der Waals surface area (Å²) >= 11 is 0. The highest BCUT2D eigenvalue weighted by Crippen LogP contribution is 2.20. The van der Waals surface area contributed by atoms with E-state index in [-0.39, 0.29) is 36.8 Å². The molecule has 3 rings (SSSR count). The first kappa shape index (κ1) is 18.4. The van der Waals surface area contributed by atoms with Crippen molar-refractivity contribution in [3.63, 3.8) is 0 Å². The molecule has 0 saturated carbocycles. The molecule has 3 heterocycles. The molecule has 0 bridgehead atoms. The number of piperazine rings is 1. The van der Waals surface area contributed by atoms with Crippen LogP contribution in [-0.2, 0) is 0 Å². The van der Waals surface area contributed by atoms with E-state index in [0.717, 1.165) is 18.7 Å². The van der Waals surface area contributed by atoms with Crippen molar-refractivity contribution in [1.29, 1.82) is 0 Å². The molecule has 0 radical (unpaired) electrons. The van der Waals surface area contributed by atoms with Gasteiger partial charge in [0.25, 0.3) is 5.91 Å². The molecule has 22 heavy (non-hydrogen) atoms. The first-order valence-corrected chi connectivity index (χ1v) is 6.64. The molecule has 6 nitrogen and oxygen atoms in total. The Morgan fingerprint density at radius 3 is 2.77 bits per heavy atom. The van der Waals surface area contributed by atoms with Crippen molar-refractivity contribution in [2.45, 2.75) is 13.0 Å². The van der Waals surface area contributed by atoms with Gasteiger partial charge in [-0.25, -0.2) is 0 Å². The molecule has 1 fully saturated rings. The van der Waals surface area contributed by atoms with Crippen LogP contribution in [0.3, 0.4) is 0 Å². The van der Waals surface area contributed by atoms with E-state index >= 15 is 0 Å². The average molecular weight is 345 g/mol. The van der Waals surface area contributed by atoms with Gasteiger partial charge in [0.1, 0.15) is 0 Å². The van der Waals surface area contributed by atoms with E-state index in [1.807, 2.05) is 24.0 Å². The van der Waals surface area contributed by atoms with E-state index in [0.29, 0.717) is 18.0 Å². The minimum absolute atomic E-state index is 0. The number of nitrogens with one attached hydrogen (secondary N) is 1. The minimum atomic E-state index is -0.0805. The Labute approximate surface area is 141 Å². The van der Waals surface area contributed by atoms with Crippen molar-refractivity contribution in [3.8, 4) is 11.3 Å². The number of halogens is 2. The van der Waals surface area contributed by atoms with Gasteiger partial charge in [-0.15, -0.1) is 24.8 Å². The molecule has 1 aliphatic rings. The monoisotopic (exact) mass is 344 g/mol. The molecule has 2 aromatic heterocycles. The van der Waals surface area contributed by atoms with E-state index in [4.69, 9.17) is 4.52 Å². The van der Waals surface area contributed by atoms with Gasteiger partial charge in [0, 0.05) is 49.7 Å². The standard InChI is InChI=1S/C14H16N4O2.2ClH/c1-10-9-16-6-7-18(10)14(19)12-8-13(20-17-12)11-2-4-15-5-3-11;;/h2-5,8,10,16H,6-7,9H2,1H3;2*1H/t10-;;/m1../s1. The molecule has 0 unspecified atom stereocenters. The molecule has 1 aliphatic heterocycles. The van der Waals surface area contributed by atoms with Crippen LogP contribution in [0.5, 0.6) is 0 Å². The maximum Gasteiger partial charge on any atom is 0.276 e. The van der Waals surface area contributed by atoms with Crippen molar-refractivity contribution in [2.24, 2.45) is 0 Å². The lowest BCUT2D eigenvalue weighted by molar-refractivity contribution is 0.0645. The highest BCUT2D eigenvalue weighted by atomic mass is 35.5. The van der Waals surface area contributed by atoms with Crippen molar-refractivity contribution in [1.82, 2.24) is 20.4 Å². The third-order valence-electron chi connectivity index (χ3n) is 3.46. The lowest BCUT2D eigenvalue weighted by Crippen LogP contribution is -2.52. The third-order valence-corrected chi connectivity index (χ3v) is 3.46. The SMILES string of the molecule is C[C@@H]1CNCCN1C(=O)c1cc(-c2ccncc2)on1.Cl.Cl. The van der Waals surface area contributed by atoms with E-state index in [1.54, 1.807) is 18.5 Å². The van der Waals surface area contributed by atoms with E-state index in [1.165, 1.54) is 0 Å². The zero-order chi connectivity index (χ0) is 13.9. The van der Waals surface area contributed by atoms with Crippen molar-refractivity contribution in [3.05, 3.63) is 36.3 Å². The van der Waals surface area contributed by atoms with Crippen molar-refractivity contribution in [2.75, 3.05) is 19.6 Å². The summed E-state index contributed by atoms with van der Waals surface area (Å²) < 4.78 is 5.26. The van der Waals surface area contributed by atoms with Crippen LogP contribution in [0, 0.1) is 0 Å². The highest BCUT2D eigenvalue weighted by molar-refractivity contribution is 5.93. The number of nitrogens with zero attached hydrogens (tertiary/aromatic N) is 3. The van der Waals surface area contributed by atoms with Gasteiger partial charge >= 0.3 is 0 Å². The van der Waals surface area contributed by atoms with Crippen LogP contribution in [0.25, 0.3) is 11.3 Å². The molecule has 120 valence electrons. The number of hydrogen-bond donors (Lipinski definition) is 1. The second-order valence-electron chi connectivity index (χ2n) is 4.86. The average Bonchev–Trinajstić information content (AvgIpc) is 2.98. The second-order valence-corrected chi connectivity index (χ2v) is 4.86. The smallest absolute Gasteiger partial charge is 0.276 e. The fraction of sp³-hybridized carbons (Fsp3) is 0.357. The van der Waals surface area contributed by atoms with Crippen LogP contribution in [-0.4, -0.2) is 46.6 Å². The minimum Gasteiger partial charge on any atom is -0.355 e. The quantitative estimate of drug-likeness (QED) is 0.902. The summed E-state index contributed by atoms with van der Waals surface area (Å²) in [7, 11) is 0. The van der Waals surface area contributed by atoms with Gasteiger partial charge in [-0.2, -0.15) is 0 Å². The lowest BCUT2D eigenvalue weighted by Gasteiger charge is -2.33. The number of rotatable bonds is 2. The van der Waals surface area contributed by atoms with Crippen LogP contribution in [0.4, 0.5) is 0 Å². The maximum absolute atomic E-state index is 12.4. The maximum atomic E-state index is 12.4. The number of amides is 1. The third kappa shape index (κ3) is 3.76. The molecule has 1 amide bonds. The second kappa shape index (κ2) is 8.12. The normalized spacial score (nSPS) is 17.3. The number of aromatic nitrogens is 2. The van der Waals surface area contributed by atoms with Crippen LogP contribution in [0.1, 0.15) is 17.4 Å². The highest BCUT2D eigenvalue weighted by Gasteiger charge is 2.26. The summed E-state index contributed by atoms with van der Waals surface area (Å²) in [5.41, 5.74) is 1.21. The Morgan fingerprint density at radius 1 is 1.36 bits per heavy atom. The van der Waals surface area contributed by atoms with Crippen LogP contribution < -0.4 is 5.32 Å². The molecule has 0 spiro atoms. The number of carbonyl (C=O) groups excluding carboxylic acids is 1. The zero-order valence-corrected chi connectivity index (χ0v) is 13.7. The summed E-state index contributed by atoms with van der Waals surface area (Å²) in [6.45, 7) is 4.33. The molecule has 8 heteroatoms. The summed E-state index contributed by atoms with van der Waals surface area (Å²) in [5, 5.41) is 7.15. The van der Waals surface area contributed by atoms with Gasteiger partial charge in [0.2, 0.25) is 0 Å². The first-order chi connectivity index (χ1) is 9.75. The van der Waals surface area contributed by atoms with Gasteiger partial charge in [-0.3, -0.25) is 9.78 Å². The van der Waals surface area contributed by atoms with Gasteiger partial charge in [0.15, 0.2) is 11.5 Å². The summed E-state index contributed by atoms with van der Waals surface area (Å²) in [4.78, 5) is 18.2. The summed E-state index contributed by atoms with van der Waals surface area (Å²) in [5.74, 6) is 0.501. The molecule has 0 aliphatic carbocycles. The van der Waals surface area contributed by atoms with Gasteiger partial charge in [-0.05, 0) is 19.1 Å². The topological polar surface area (TPSA) is 71.3 Å². The Hall–Kier alpha value is -1.63. The molecule has 1 saturated heterocycles. The Kier molecular flexibility index (Phi) is 6.80. The first-order valence-electron chi connectivity index (χ1n) is 6.64. The molecular formula is C14H18Cl2N4O2. The van der Waals surface area contributed by atoms with Crippen LogP contribution >= 0.6 is 24.8 Å². The zero-order valence-electron chi connectivity index (χ0n) is 12.1. The molecule has 1 atom stereocenters. The largest absolute Gasteiger partial charge is 0.355 e. The Balaban J connectivity index is 0.00000121. The van der Waals surface area contributed by atoms with Gasteiger partial charge in [0.05, 0.1) is 0 Å².